The van der Waals surface area contributed by atoms with Gasteiger partial charge >= 0.3 is 0 Å². The predicted octanol–water partition coefficient (Wildman–Crippen LogP) is 3.82. The Labute approximate surface area is 154 Å². The number of hydrogen-bond acceptors (Lipinski definition) is 5. The van der Waals surface area contributed by atoms with Crippen LogP contribution in [0.2, 0.25) is 0 Å². The van der Waals surface area contributed by atoms with Crippen molar-refractivity contribution >= 4 is 28.9 Å². The van der Waals surface area contributed by atoms with Gasteiger partial charge in [0.05, 0.1) is 0 Å². The van der Waals surface area contributed by atoms with Gasteiger partial charge in [0, 0.05) is 43.4 Å². The minimum atomic E-state index is -0.991. The van der Waals surface area contributed by atoms with Crippen LogP contribution in [0.5, 0.6) is 0 Å². The monoisotopic (exact) mass is 369 g/mol. The predicted molar refractivity (Wildman–Crippen MR) is 100 cm³/mol. The second-order valence-corrected chi connectivity index (χ2v) is 5.91. The van der Waals surface area contributed by atoms with Crippen molar-refractivity contribution in [2.45, 2.75) is 0 Å². The van der Waals surface area contributed by atoms with Gasteiger partial charge in [0.25, 0.3) is 5.91 Å². The van der Waals surface area contributed by atoms with E-state index in [9.17, 15) is 13.6 Å². The molecule has 3 rings (SSSR count). The summed E-state index contributed by atoms with van der Waals surface area (Å²) >= 11 is 0. The molecular weight excluding hydrogens is 352 g/mol. The zero-order chi connectivity index (χ0) is 19.4. The maximum Gasteiger partial charge on any atom is 0.274 e. The summed E-state index contributed by atoms with van der Waals surface area (Å²) in [5.41, 5.74) is 2.03. The zero-order valence-corrected chi connectivity index (χ0v) is 14.7. The van der Waals surface area contributed by atoms with E-state index >= 15 is 0 Å². The zero-order valence-electron chi connectivity index (χ0n) is 14.7. The molecule has 1 aromatic heterocycles. The van der Waals surface area contributed by atoms with E-state index in [4.69, 9.17) is 0 Å². The molecule has 0 radical (unpaired) electrons. The van der Waals surface area contributed by atoms with Gasteiger partial charge < -0.3 is 15.5 Å². The molecule has 2 aromatic carbocycles. The third kappa shape index (κ3) is 4.55. The Morgan fingerprint density at radius 1 is 0.963 bits per heavy atom. The normalized spacial score (nSPS) is 10.4. The first-order chi connectivity index (χ1) is 12.9. The number of aromatic nitrogens is 2. The molecule has 0 aliphatic heterocycles. The van der Waals surface area contributed by atoms with Crippen LogP contribution < -0.4 is 15.5 Å². The molecule has 2 N–H and O–H groups in total. The Balaban J connectivity index is 1.72. The highest BCUT2D eigenvalue weighted by atomic mass is 19.2. The number of carbonyl (C=O) groups excluding carboxylic acids is 1. The van der Waals surface area contributed by atoms with Gasteiger partial charge in [-0.05, 0) is 42.5 Å². The van der Waals surface area contributed by atoms with Crippen molar-refractivity contribution in [3.05, 3.63) is 72.1 Å². The van der Waals surface area contributed by atoms with Gasteiger partial charge in [0.1, 0.15) is 5.69 Å². The maximum atomic E-state index is 13.3. The number of halogens is 2. The van der Waals surface area contributed by atoms with Gasteiger partial charge in [0.2, 0.25) is 5.95 Å². The fourth-order valence-electron chi connectivity index (χ4n) is 2.29. The smallest absolute Gasteiger partial charge is 0.274 e. The minimum absolute atomic E-state index is 0.0941. The topological polar surface area (TPSA) is 70.2 Å². The quantitative estimate of drug-likeness (QED) is 0.716. The standard InChI is InChI=1S/C19H17F2N5O/c1-26(2)14-6-3-12(4-7-14)23-18(27)17-9-10-22-19(25-17)24-13-5-8-15(20)16(21)11-13/h3-11H,1-2H3,(H,23,27)(H,22,24,25). The first-order valence-electron chi connectivity index (χ1n) is 8.06. The molecule has 0 aliphatic rings. The summed E-state index contributed by atoms with van der Waals surface area (Å²) in [5, 5.41) is 5.48. The molecule has 1 amide bonds. The first kappa shape index (κ1) is 18.2. The summed E-state index contributed by atoms with van der Waals surface area (Å²) in [6, 6.07) is 12.1. The number of benzene rings is 2. The van der Waals surface area contributed by atoms with E-state index in [1.54, 1.807) is 12.1 Å². The van der Waals surface area contributed by atoms with Crippen LogP contribution in [-0.2, 0) is 0 Å². The molecule has 6 nitrogen and oxygen atoms in total. The van der Waals surface area contributed by atoms with E-state index in [1.165, 1.54) is 18.3 Å². The van der Waals surface area contributed by atoms with Gasteiger partial charge in [-0.2, -0.15) is 0 Å². The average Bonchev–Trinajstić information content (AvgIpc) is 2.65. The Morgan fingerprint density at radius 2 is 1.67 bits per heavy atom. The lowest BCUT2D eigenvalue weighted by Gasteiger charge is -2.13. The Hall–Kier alpha value is -3.55. The molecular formula is C19H17F2N5O. The van der Waals surface area contributed by atoms with Crippen LogP contribution in [0, 0.1) is 11.6 Å². The molecule has 27 heavy (non-hydrogen) atoms. The van der Waals surface area contributed by atoms with E-state index < -0.39 is 17.5 Å². The van der Waals surface area contributed by atoms with Crippen LogP contribution in [0.15, 0.2) is 54.7 Å². The van der Waals surface area contributed by atoms with Crippen molar-refractivity contribution in [3.63, 3.8) is 0 Å². The highest BCUT2D eigenvalue weighted by molar-refractivity contribution is 6.03. The van der Waals surface area contributed by atoms with Crippen LogP contribution in [-0.4, -0.2) is 30.0 Å². The number of nitrogens with one attached hydrogen (secondary N) is 2. The molecule has 0 aliphatic carbocycles. The average molecular weight is 369 g/mol. The fraction of sp³-hybridized carbons (Fsp3) is 0.105. The molecule has 0 unspecified atom stereocenters. The van der Waals surface area contributed by atoms with Crippen LogP contribution >= 0.6 is 0 Å². The summed E-state index contributed by atoms with van der Waals surface area (Å²) in [6.07, 6.45) is 1.40. The summed E-state index contributed by atoms with van der Waals surface area (Å²) in [4.78, 5) is 22.4. The van der Waals surface area contributed by atoms with Crippen LogP contribution in [0.4, 0.5) is 31.8 Å². The summed E-state index contributed by atoms with van der Waals surface area (Å²) in [5.74, 6) is -2.26. The molecule has 3 aromatic rings. The van der Waals surface area contributed by atoms with E-state index in [-0.39, 0.29) is 17.3 Å². The molecule has 0 bridgehead atoms. The third-order valence-corrected chi connectivity index (χ3v) is 3.71. The molecule has 0 spiro atoms. The molecule has 0 saturated heterocycles. The van der Waals surface area contributed by atoms with Gasteiger partial charge in [-0.15, -0.1) is 0 Å². The second kappa shape index (κ2) is 7.77. The molecule has 1 heterocycles. The number of amides is 1. The van der Waals surface area contributed by atoms with Crippen molar-refractivity contribution < 1.29 is 13.6 Å². The lowest BCUT2D eigenvalue weighted by atomic mass is 10.2. The van der Waals surface area contributed by atoms with Gasteiger partial charge in [-0.25, -0.2) is 18.7 Å². The van der Waals surface area contributed by atoms with Crippen LogP contribution in [0.1, 0.15) is 10.5 Å². The van der Waals surface area contributed by atoms with Crippen LogP contribution in [0.25, 0.3) is 0 Å². The number of hydrogen-bond donors (Lipinski definition) is 2. The SMILES string of the molecule is CN(C)c1ccc(NC(=O)c2ccnc(Nc3ccc(F)c(F)c3)n2)cc1. The van der Waals surface area contributed by atoms with Gasteiger partial charge in [-0.1, -0.05) is 0 Å². The van der Waals surface area contributed by atoms with Crippen LogP contribution in [0.3, 0.4) is 0 Å². The molecule has 0 saturated carbocycles. The number of rotatable bonds is 5. The van der Waals surface area contributed by atoms with Gasteiger partial charge in [-0.3, -0.25) is 4.79 Å². The summed E-state index contributed by atoms with van der Waals surface area (Å²) < 4.78 is 26.3. The van der Waals surface area contributed by atoms with E-state index in [0.717, 1.165) is 17.8 Å². The number of carbonyl (C=O) groups is 1. The highest BCUT2D eigenvalue weighted by Crippen LogP contribution is 2.18. The van der Waals surface area contributed by atoms with Crippen molar-refractivity contribution in [1.29, 1.82) is 0 Å². The lowest BCUT2D eigenvalue weighted by Crippen LogP contribution is -2.15. The van der Waals surface area contributed by atoms with E-state index in [1.807, 2.05) is 31.1 Å². The molecule has 8 heteroatoms. The third-order valence-electron chi connectivity index (χ3n) is 3.71. The van der Waals surface area contributed by atoms with Crippen molar-refractivity contribution in [2.24, 2.45) is 0 Å². The maximum absolute atomic E-state index is 13.3. The lowest BCUT2D eigenvalue weighted by molar-refractivity contribution is 0.102. The number of anilines is 4. The molecule has 0 atom stereocenters. The van der Waals surface area contributed by atoms with Gasteiger partial charge in [0.15, 0.2) is 11.6 Å². The highest BCUT2D eigenvalue weighted by Gasteiger charge is 2.10. The van der Waals surface area contributed by atoms with Crippen molar-refractivity contribution in [3.8, 4) is 0 Å². The molecule has 138 valence electrons. The Morgan fingerprint density at radius 3 is 2.33 bits per heavy atom. The summed E-state index contributed by atoms with van der Waals surface area (Å²) in [6.45, 7) is 0. The summed E-state index contributed by atoms with van der Waals surface area (Å²) in [7, 11) is 3.85. The number of nitrogens with zero attached hydrogens (tertiary/aromatic N) is 3. The largest absolute Gasteiger partial charge is 0.378 e. The minimum Gasteiger partial charge on any atom is -0.378 e. The Kier molecular flexibility index (Phi) is 5.25. The van der Waals surface area contributed by atoms with E-state index in [2.05, 4.69) is 20.6 Å². The Bertz CT molecular complexity index is 961. The van der Waals surface area contributed by atoms with Crippen molar-refractivity contribution in [1.82, 2.24) is 9.97 Å². The van der Waals surface area contributed by atoms with Crippen molar-refractivity contribution in [2.75, 3.05) is 29.6 Å². The van der Waals surface area contributed by atoms with E-state index in [0.29, 0.717) is 5.69 Å². The fourth-order valence-corrected chi connectivity index (χ4v) is 2.29. The second-order valence-electron chi connectivity index (χ2n) is 5.91. The molecule has 0 fully saturated rings. The first-order valence-corrected chi connectivity index (χ1v) is 8.06.